The number of rotatable bonds is 16. The summed E-state index contributed by atoms with van der Waals surface area (Å²) in [5.41, 5.74) is 4.01. The van der Waals surface area contributed by atoms with E-state index in [1.54, 1.807) is 0 Å². The summed E-state index contributed by atoms with van der Waals surface area (Å²) in [7, 11) is 0. The molecule has 2 heterocycles. The van der Waals surface area contributed by atoms with Crippen LogP contribution in [-0.4, -0.2) is 87.5 Å². The average molecular weight is 503 g/mol. The predicted molar refractivity (Wildman–Crippen MR) is 135 cm³/mol. The van der Waals surface area contributed by atoms with Gasteiger partial charge in [-0.15, -0.1) is 0 Å². The van der Waals surface area contributed by atoms with E-state index in [0.717, 1.165) is 46.8 Å². The Kier molecular flexibility index (Phi) is 9.98. The average Bonchev–Trinajstić information content (AvgIpc) is 3.67. The second kappa shape index (κ2) is 13.4. The molecule has 3 unspecified atom stereocenters. The SMILES string of the molecule is CCOCC(O)COc1ccc(-c2ccc(OC3COC3)c(CC(O)COCC)c2)cc1CC1CO1. The summed E-state index contributed by atoms with van der Waals surface area (Å²) in [5.74, 6) is 1.50. The fraction of sp³-hybridized carbons (Fsp3) is 0.571. The third-order valence-corrected chi connectivity index (χ3v) is 6.12. The first-order valence-corrected chi connectivity index (χ1v) is 12.8. The van der Waals surface area contributed by atoms with Crippen LogP contribution in [-0.2, 0) is 31.8 Å². The Labute approximate surface area is 213 Å². The van der Waals surface area contributed by atoms with Crippen LogP contribution in [0.5, 0.6) is 11.5 Å². The molecule has 2 aliphatic rings. The zero-order valence-corrected chi connectivity index (χ0v) is 21.2. The van der Waals surface area contributed by atoms with E-state index in [1.165, 1.54) is 0 Å². The molecule has 2 aliphatic heterocycles. The van der Waals surface area contributed by atoms with E-state index in [1.807, 2.05) is 38.1 Å². The lowest BCUT2D eigenvalue weighted by Crippen LogP contribution is -2.38. The second-order valence-corrected chi connectivity index (χ2v) is 9.22. The highest BCUT2D eigenvalue weighted by atomic mass is 16.6. The fourth-order valence-corrected chi connectivity index (χ4v) is 4.04. The fourth-order valence-electron chi connectivity index (χ4n) is 4.04. The summed E-state index contributed by atoms with van der Waals surface area (Å²) in [4.78, 5) is 0. The van der Waals surface area contributed by atoms with Crippen molar-refractivity contribution in [2.45, 2.75) is 51.1 Å². The lowest BCUT2D eigenvalue weighted by atomic mass is 9.96. The van der Waals surface area contributed by atoms with Gasteiger partial charge in [0.15, 0.2) is 0 Å². The van der Waals surface area contributed by atoms with Gasteiger partial charge in [-0.1, -0.05) is 12.1 Å². The Morgan fingerprint density at radius 2 is 1.47 bits per heavy atom. The molecular weight excluding hydrogens is 464 g/mol. The molecule has 8 nitrogen and oxygen atoms in total. The number of epoxide rings is 1. The van der Waals surface area contributed by atoms with Crippen molar-refractivity contribution in [2.75, 3.05) is 52.9 Å². The standard InChI is InChI=1S/C28H38O8/c1-3-31-13-23(29)11-21-9-20(6-8-28(21)36-26-16-33-17-26)19-5-7-27(22(10-19)12-25-18-34-25)35-15-24(30)14-32-4-2/h5-10,23-26,29-30H,3-4,11-18H2,1-2H3. The molecule has 0 radical (unpaired) electrons. The van der Waals surface area contributed by atoms with Gasteiger partial charge in [-0.3, -0.25) is 0 Å². The van der Waals surface area contributed by atoms with Gasteiger partial charge in [0.2, 0.25) is 0 Å². The van der Waals surface area contributed by atoms with Gasteiger partial charge in [0.1, 0.15) is 30.3 Å². The molecule has 2 fully saturated rings. The van der Waals surface area contributed by atoms with Gasteiger partial charge in [0.05, 0.1) is 45.2 Å². The minimum atomic E-state index is -0.686. The third-order valence-electron chi connectivity index (χ3n) is 6.12. The van der Waals surface area contributed by atoms with E-state index in [0.29, 0.717) is 32.8 Å². The van der Waals surface area contributed by atoms with Gasteiger partial charge in [0, 0.05) is 26.1 Å². The Balaban J connectivity index is 1.54. The van der Waals surface area contributed by atoms with E-state index in [-0.39, 0.29) is 32.0 Å². The summed E-state index contributed by atoms with van der Waals surface area (Å²) in [5, 5.41) is 20.6. The molecule has 2 aromatic carbocycles. The smallest absolute Gasteiger partial charge is 0.145 e. The molecular formula is C28H38O8. The monoisotopic (exact) mass is 502 g/mol. The van der Waals surface area contributed by atoms with Crippen LogP contribution >= 0.6 is 0 Å². The highest BCUT2D eigenvalue weighted by Crippen LogP contribution is 2.33. The van der Waals surface area contributed by atoms with E-state index in [2.05, 4.69) is 12.1 Å². The molecule has 0 aromatic heterocycles. The largest absolute Gasteiger partial charge is 0.491 e. The molecule has 2 saturated heterocycles. The molecule has 8 heteroatoms. The first kappa shape index (κ1) is 26.9. The Morgan fingerprint density at radius 3 is 2.08 bits per heavy atom. The zero-order valence-electron chi connectivity index (χ0n) is 21.2. The van der Waals surface area contributed by atoms with Gasteiger partial charge in [0.25, 0.3) is 0 Å². The van der Waals surface area contributed by atoms with Crippen molar-refractivity contribution in [3.05, 3.63) is 47.5 Å². The van der Waals surface area contributed by atoms with Gasteiger partial charge >= 0.3 is 0 Å². The van der Waals surface area contributed by atoms with Crippen molar-refractivity contribution >= 4 is 0 Å². The lowest BCUT2D eigenvalue weighted by molar-refractivity contribution is -0.0801. The Bertz CT molecular complexity index is 957. The van der Waals surface area contributed by atoms with Crippen LogP contribution < -0.4 is 9.47 Å². The molecule has 4 rings (SSSR count). The van der Waals surface area contributed by atoms with Gasteiger partial charge in [-0.25, -0.2) is 0 Å². The van der Waals surface area contributed by atoms with Crippen molar-refractivity contribution in [3.63, 3.8) is 0 Å². The lowest BCUT2D eigenvalue weighted by Gasteiger charge is -2.28. The predicted octanol–water partition coefficient (Wildman–Crippen LogP) is 2.79. The molecule has 2 N–H and O–H groups in total. The van der Waals surface area contributed by atoms with Gasteiger partial charge in [-0.2, -0.15) is 0 Å². The summed E-state index contributed by atoms with van der Waals surface area (Å²) in [6, 6.07) is 12.1. The molecule has 0 aliphatic carbocycles. The molecule has 36 heavy (non-hydrogen) atoms. The van der Waals surface area contributed by atoms with E-state index in [4.69, 9.17) is 28.4 Å². The maximum atomic E-state index is 10.5. The van der Waals surface area contributed by atoms with Crippen LogP contribution in [0.3, 0.4) is 0 Å². The Morgan fingerprint density at radius 1 is 0.833 bits per heavy atom. The molecule has 0 amide bonds. The van der Waals surface area contributed by atoms with Gasteiger partial charge < -0.3 is 38.6 Å². The topological polar surface area (TPSA) is 99.1 Å². The minimum Gasteiger partial charge on any atom is -0.491 e. The van der Waals surface area contributed by atoms with Crippen molar-refractivity contribution < 1.29 is 38.6 Å². The summed E-state index contributed by atoms with van der Waals surface area (Å²) in [6.45, 7) is 7.51. The quantitative estimate of drug-likeness (QED) is 0.338. The van der Waals surface area contributed by atoms with Crippen LogP contribution in [0.15, 0.2) is 36.4 Å². The molecule has 3 atom stereocenters. The highest BCUT2D eigenvalue weighted by molar-refractivity contribution is 5.68. The van der Waals surface area contributed by atoms with E-state index in [9.17, 15) is 10.2 Å². The number of benzene rings is 2. The van der Waals surface area contributed by atoms with Crippen molar-refractivity contribution in [3.8, 4) is 22.6 Å². The third kappa shape index (κ3) is 7.90. The Hall–Kier alpha value is -2.20. The van der Waals surface area contributed by atoms with Crippen molar-refractivity contribution in [1.82, 2.24) is 0 Å². The molecule has 2 aromatic rings. The van der Waals surface area contributed by atoms with Crippen LogP contribution in [0.25, 0.3) is 11.1 Å². The minimum absolute atomic E-state index is 0.0401. The number of hydrogen-bond donors (Lipinski definition) is 2. The van der Waals surface area contributed by atoms with Crippen LogP contribution in [0.2, 0.25) is 0 Å². The van der Waals surface area contributed by atoms with Crippen LogP contribution in [0, 0.1) is 0 Å². The number of aliphatic hydroxyl groups excluding tert-OH is 2. The van der Waals surface area contributed by atoms with Gasteiger partial charge in [-0.05, 0) is 60.4 Å². The van der Waals surface area contributed by atoms with Crippen molar-refractivity contribution in [2.24, 2.45) is 0 Å². The maximum Gasteiger partial charge on any atom is 0.145 e. The maximum absolute atomic E-state index is 10.5. The van der Waals surface area contributed by atoms with Crippen molar-refractivity contribution in [1.29, 1.82) is 0 Å². The second-order valence-electron chi connectivity index (χ2n) is 9.22. The molecule has 0 saturated carbocycles. The molecule has 198 valence electrons. The summed E-state index contributed by atoms with van der Waals surface area (Å²) >= 11 is 0. The normalized spacial score (nSPS) is 18.9. The first-order valence-electron chi connectivity index (χ1n) is 12.8. The van der Waals surface area contributed by atoms with E-state index >= 15 is 0 Å². The number of ether oxygens (including phenoxy) is 6. The zero-order chi connectivity index (χ0) is 25.3. The summed E-state index contributed by atoms with van der Waals surface area (Å²) in [6.07, 6.45) is 0.0981. The van der Waals surface area contributed by atoms with E-state index < -0.39 is 12.2 Å². The molecule has 0 spiro atoms. The number of hydrogen-bond acceptors (Lipinski definition) is 8. The first-order chi connectivity index (χ1) is 17.6. The summed E-state index contributed by atoms with van der Waals surface area (Å²) < 4.78 is 33.5. The van der Waals surface area contributed by atoms with Crippen LogP contribution in [0.4, 0.5) is 0 Å². The highest BCUT2D eigenvalue weighted by Gasteiger charge is 2.25. The number of aliphatic hydroxyl groups is 2. The van der Waals surface area contributed by atoms with Crippen LogP contribution in [0.1, 0.15) is 25.0 Å². The molecule has 0 bridgehead atoms.